The summed E-state index contributed by atoms with van der Waals surface area (Å²) in [6.07, 6.45) is 8.16. The van der Waals surface area contributed by atoms with Crippen LogP contribution in [-0.4, -0.2) is 30.0 Å². The van der Waals surface area contributed by atoms with E-state index in [2.05, 4.69) is 16.2 Å². The van der Waals surface area contributed by atoms with Crippen LogP contribution in [0.3, 0.4) is 0 Å². The Kier molecular flexibility index (Phi) is 5.72. The summed E-state index contributed by atoms with van der Waals surface area (Å²) in [6, 6.07) is 10.00. The number of amides is 1. The van der Waals surface area contributed by atoms with Gasteiger partial charge < -0.3 is 14.8 Å². The van der Waals surface area contributed by atoms with Crippen molar-refractivity contribution in [1.29, 1.82) is 0 Å². The van der Waals surface area contributed by atoms with Gasteiger partial charge in [0.25, 0.3) is 5.91 Å². The number of aromatic nitrogens is 1. The molecule has 1 aromatic carbocycles. The highest BCUT2D eigenvalue weighted by Crippen LogP contribution is 2.25. The number of carbonyl (C=O) groups is 2. The SMILES string of the molecule is C#CCNC(=O)COC(=O)c1ccccc1Oc1cccnc1. The predicted octanol–water partition coefficient (Wildman–Crippen LogP) is 1.78. The fourth-order valence-corrected chi connectivity index (χ4v) is 1.67. The summed E-state index contributed by atoms with van der Waals surface area (Å²) in [4.78, 5) is 27.4. The number of pyridine rings is 1. The van der Waals surface area contributed by atoms with E-state index in [4.69, 9.17) is 15.9 Å². The molecule has 23 heavy (non-hydrogen) atoms. The van der Waals surface area contributed by atoms with Gasteiger partial charge in [-0.2, -0.15) is 0 Å². The Morgan fingerprint density at radius 2 is 2.04 bits per heavy atom. The zero-order valence-corrected chi connectivity index (χ0v) is 12.2. The number of para-hydroxylation sites is 1. The van der Waals surface area contributed by atoms with Crippen molar-refractivity contribution in [2.45, 2.75) is 0 Å². The van der Waals surface area contributed by atoms with E-state index in [1.807, 2.05) is 0 Å². The van der Waals surface area contributed by atoms with Gasteiger partial charge in [0.2, 0.25) is 0 Å². The Labute approximate surface area is 133 Å². The number of ether oxygens (including phenoxy) is 2. The molecule has 1 aromatic heterocycles. The highest BCUT2D eigenvalue weighted by molar-refractivity contribution is 5.94. The van der Waals surface area contributed by atoms with Crippen molar-refractivity contribution in [2.24, 2.45) is 0 Å². The van der Waals surface area contributed by atoms with Crippen LogP contribution >= 0.6 is 0 Å². The second-order valence-electron chi connectivity index (χ2n) is 4.34. The van der Waals surface area contributed by atoms with Gasteiger partial charge in [0.05, 0.1) is 12.7 Å². The minimum Gasteiger partial charge on any atom is -0.455 e. The van der Waals surface area contributed by atoms with Gasteiger partial charge in [0.1, 0.15) is 17.1 Å². The molecule has 0 saturated carbocycles. The molecule has 0 atom stereocenters. The first kappa shape index (κ1) is 16.0. The molecular formula is C17H14N2O4. The number of hydrogen-bond acceptors (Lipinski definition) is 5. The molecule has 0 radical (unpaired) electrons. The summed E-state index contributed by atoms with van der Waals surface area (Å²) >= 11 is 0. The number of carbonyl (C=O) groups excluding carboxylic acids is 2. The molecule has 0 spiro atoms. The van der Waals surface area contributed by atoms with E-state index in [0.717, 1.165) is 0 Å². The van der Waals surface area contributed by atoms with Crippen LogP contribution in [0.15, 0.2) is 48.8 Å². The Morgan fingerprint density at radius 1 is 1.22 bits per heavy atom. The number of nitrogens with one attached hydrogen (secondary N) is 1. The average Bonchev–Trinajstić information content (AvgIpc) is 2.59. The van der Waals surface area contributed by atoms with Crippen molar-refractivity contribution >= 4 is 11.9 Å². The molecule has 1 heterocycles. The van der Waals surface area contributed by atoms with Crippen molar-refractivity contribution < 1.29 is 19.1 Å². The highest BCUT2D eigenvalue weighted by atomic mass is 16.5. The zero-order valence-electron chi connectivity index (χ0n) is 12.2. The lowest BCUT2D eigenvalue weighted by atomic mass is 10.2. The number of esters is 1. The minimum atomic E-state index is -0.666. The Balaban J connectivity index is 2.03. The van der Waals surface area contributed by atoms with Crippen LogP contribution in [-0.2, 0) is 9.53 Å². The van der Waals surface area contributed by atoms with Gasteiger partial charge in [-0.1, -0.05) is 18.1 Å². The molecule has 2 rings (SSSR count). The second-order valence-corrected chi connectivity index (χ2v) is 4.34. The maximum Gasteiger partial charge on any atom is 0.342 e. The van der Waals surface area contributed by atoms with Crippen LogP contribution < -0.4 is 10.1 Å². The van der Waals surface area contributed by atoms with Gasteiger partial charge >= 0.3 is 5.97 Å². The molecule has 0 saturated heterocycles. The fourth-order valence-electron chi connectivity index (χ4n) is 1.67. The first-order valence-electron chi connectivity index (χ1n) is 6.75. The Hall–Kier alpha value is -3.33. The van der Waals surface area contributed by atoms with Crippen LogP contribution in [0.25, 0.3) is 0 Å². The summed E-state index contributed by atoms with van der Waals surface area (Å²) in [7, 11) is 0. The van der Waals surface area contributed by atoms with Crippen molar-refractivity contribution in [3.05, 3.63) is 54.4 Å². The number of benzene rings is 1. The molecule has 6 nitrogen and oxygen atoms in total. The number of hydrogen-bond donors (Lipinski definition) is 1. The maximum absolute atomic E-state index is 12.1. The molecule has 2 aromatic rings. The molecule has 0 fully saturated rings. The van der Waals surface area contributed by atoms with Gasteiger partial charge in [0.15, 0.2) is 6.61 Å². The van der Waals surface area contributed by atoms with Gasteiger partial charge in [-0.3, -0.25) is 9.78 Å². The summed E-state index contributed by atoms with van der Waals surface area (Å²) in [5.41, 5.74) is 0.209. The monoisotopic (exact) mass is 310 g/mol. The van der Waals surface area contributed by atoms with E-state index >= 15 is 0 Å². The third-order valence-electron chi connectivity index (χ3n) is 2.69. The van der Waals surface area contributed by atoms with Gasteiger partial charge in [-0.05, 0) is 24.3 Å². The number of terminal acetylenes is 1. The molecular weight excluding hydrogens is 296 g/mol. The van der Waals surface area contributed by atoms with E-state index in [1.54, 1.807) is 42.6 Å². The lowest BCUT2D eigenvalue weighted by Gasteiger charge is -2.10. The highest BCUT2D eigenvalue weighted by Gasteiger charge is 2.15. The van der Waals surface area contributed by atoms with Gasteiger partial charge in [-0.15, -0.1) is 6.42 Å². The van der Waals surface area contributed by atoms with Crippen molar-refractivity contribution in [3.63, 3.8) is 0 Å². The predicted molar refractivity (Wildman–Crippen MR) is 82.9 cm³/mol. The molecule has 116 valence electrons. The lowest BCUT2D eigenvalue weighted by molar-refractivity contribution is -0.123. The second kappa shape index (κ2) is 8.20. The summed E-state index contributed by atoms with van der Waals surface area (Å²) in [5.74, 6) is 1.92. The first-order chi connectivity index (χ1) is 11.2. The van der Waals surface area contributed by atoms with E-state index in [0.29, 0.717) is 11.5 Å². The smallest absolute Gasteiger partial charge is 0.342 e. The van der Waals surface area contributed by atoms with E-state index < -0.39 is 18.5 Å². The van der Waals surface area contributed by atoms with Crippen LogP contribution in [0.5, 0.6) is 11.5 Å². The minimum absolute atomic E-state index is 0.0804. The van der Waals surface area contributed by atoms with Crippen molar-refractivity contribution in [2.75, 3.05) is 13.2 Å². The Morgan fingerprint density at radius 3 is 2.78 bits per heavy atom. The van der Waals surface area contributed by atoms with E-state index in [-0.39, 0.29) is 12.1 Å². The normalized spacial score (nSPS) is 9.52. The van der Waals surface area contributed by atoms with Crippen LogP contribution in [0.1, 0.15) is 10.4 Å². The van der Waals surface area contributed by atoms with Crippen LogP contribution in [0.2, 0.25) is 0 Å². The standard InChI is InChI=1S/C17H14N2O4/c1-2-9-19-16(20)12-22-17(21)14-7-3-4-8-15(14)23-13-6-5-10-18-11-13/h1,3-8,10-11H,9,12H2,(H,19,20). The zero-order chi connectivity index (χ0) is 16.5. The average molecular weight is 310 g/mol. The maximum atomic E-state index is 12.1. The summed E-state index contributed by atoms with van der Waals surface area (Å²) in [6.45, 7) is -0.334. The quantitative estimate of drug-likeness (QED) is 0.650. The van der Waals surface area contributed by atoms with E-state index in [9.17, 15) is 9.59 Å². The van der Waals surface area contributed by atoms with Crippen molar-refractivity contribution in [3.8, 4) is 23.8 Å². The van der Waals surface area contributed by atoms with Gasteiger partial charge in [-0.25, -0.2) is 4.79 Å². The largest absolute Gasteiger partial charge is 0.455 e. The molecule has 0 aliphatic carbocycles. The van der Waals surface area contributed by atoms with Crippen LogP contribution in [0.4, 0.5) is 0 Å². The molecule has 6 heteroatoms. The lowest BCUT2D eigenvalue weighted by Crippen LogP contribution is -2.29. The van der Waals surface area contributed by atoms with Gasteiger partial charge in [0, 0.05) is 6.20 Å². The molecule has 1 N–H and O–H groups in total. The molecule has 0 bridgehead atoms. The third kappa shape index (κ3) is 4.86. The molecule has 0 aliphatic rings. The Bertz CT molecular complexity index is 723. The number of rotatable bonds is 6. The molecule has 0 unspecified atom stereocenters. The van der Waals surface area contributed by atoms with Crippen LogP contribution in [0, 0.1) is 12.3 Å². The summed E-state index contributed by atoms with van der Waals surface area (Å²) < 4.78 is 10.6. The topological polar surface area (TPSA) is 77.5 Å². The first-order valence-corrected chi connectivity index (χ1v) is 6.75. The van der Waals surface area contributed by atoms with E-state index in [1.165, 1.54) is 6.20 Å². The van der Waals surface area contributed by atoms with Crippen molar-refractivity contribution in [1.82, 2.24) is 10.3 Å². The number of nitrogens with zero attached hydrogens (tertiary/aromatic N) is 1. The summed E-state index contributed by atoms with van der Waals surface area (Å²) in [5, 5.41) is 2.40. The fraction of sp³-hybridized carbons (Fsp3) is 0.118. The third-order valence-corrected chi connectivity index (χ3v) is 2.69. The molecule has 1 amide bonds. The molecule has 0 aliphatic heterocycles.